The molecule has 1 aromatic carbocycles. The molecule has 8 heteroatoms. The fraction of sp³-hybridized carbons (Fsp3) is 0.600. The van der Waals surface area contributed by atoms with Gasteiger partial charge >= 0.3 is 0 Å². The third-order valence-corrected chi connectivity index (χ3v) is 5.40. The van der Waals surface area contributed by atoms with Gasteiger partial charge in [0.1, 0.15) is 5.75 Å². The maximum Gasteiger partial charge on any atom is 0.240 e. The highest BCUT2D eigenvalue weighted by Crippen LogP contribution is 2.21. The number of hydrogen-bond acceptors (Lipinski definition) is 6. The zero-order valence-electron chi connectivity index (χ0n) is 13.4. The summed E-state index contributed by atoms with van der Waals surface area (Å²) in [6.07, 6.45) is 0.771. The number of nitrogens with two attached hydrogens (primary N) is 1. The second-order valence-electron chi connectivity index (χ2n) is 5.76. The molecule has 2 rings (SSSR count). The normalized spacial score (nSPS) is 19.3. The van der Waals surface area contributed by atoms with Crippen molar-refractivity contribution < 1.29 is 18.3 Å². The molecule has 1 saturated heterocycles. The highest BCUT2D eigenvalue weighted by molar-refractivity contribution is 7.89. The fourth-order valence-electron chi connectivity index (χ4n) is 2.59. The summed E-state index contributed by atoms with van der Waals surface area (Å²) in [6.45, 7) is 5.62. The van der Waals surface area contributed by atoms with E-state index in [-0.39, 0.29) is 16.7 Å². The molecule has 130 valence electrons. The summed E-state index contributed by atoms with van der Waals surface area (Å²) in [7, 11) is -3.57. The maximum absolute atomic E-state index is 12.4. The molecule has 4 N–H and O–H groups in total. The van der Waals surface area contributed by atoms with Gasteiger partial charge in [0, 0.05) is 25.7 Å². The molecule has 23 heavy (non-hydrogen) atoms. The summed E-state index contributed by atoms with van der Waals surface area (Å²) in [5.41, 5.74) is 5.90. The smallest absolute Gasteiger partial charge is 0.240 e. The molecule has 0 saturated carbocycles. The molecule has 0 spiro atoms. The van der Waals surface area contributed by atoms with E-state index in [4.69, 9.17) is 10.5 Å². The fourth-order valence-corrected chi connectivity index (χ4v) is 3.94. The van der Waals surface area contributed by atoms with Crippen LogP contribution in [-0.2, 0) is 14.8 Å². The topological polar surface area (TPSA) is 105 Å². The van der Waals surface area contributed by atoms with Gasteiger partial charge in [-0.15, -0.1) is 0 Å². The van der Waals surface area contributed by atoms with Crippen molar-refractivity contribution in [2.24, 2.45) is 5.73 Å². The van der Waals surface area contributed by atoms with E-state index in [1.165, 1.54) is 18.2 Å². The molecule has 1 aromatic rings. The van der Waals surface area contributed by atoms with Crippen LogP contribution in [0, 0.1) is 6.92 Å². The largest absolute Gasteiger partial charge is 0.508 e. The molecular weight excluding hydrogens is 318 g/mol. The molecule has 1 aliphatic rings. The number of nitrogens with one attached hydrogen (secondary N) is 1. The van der Waals surface area contributed by atoms with Crippen LogP contribution in [0.15, 0.2) is 23.1 Å². The molecule has 0 radical (unpaired) electrons. The number of ether oxygens (including phenoxy) is 1. The molecule has 0 aromatic heterocycles. The molecule has 0 unspecified atom stereocenters. The first-order valence-electron chi connectivity index (χ1n) is 7.74. The molecule has 1 aliphatic heterocycles. The number of likely N-dealkylation sites (tertiary alicyclic amines) is 1. The van der Waals surface area contributed by atoms with E-state index < -0.39 is 10.0 Å². The monoisotopic (exact) mass is 343 g/mol. The third-order valence-electron chi connectivity index (χ3n) is 3.89. The molecule has 0 amide bonds. The van der Waals surface area contributed by atoms with E-state index in [9.17, 15) is 13.5 Å². The number of aromatic hydroxyl groups is 1. The van der Waals surface area contributed by atoms with E-state index in [1.807, 2.05) is 0 Å². The van der Waals surface area contributed by atoms with Crippen LogP contribution in [0.3, 0.4) is 0 Å². The SMILES string of the molecule is Cc1cc(S(=O)(=O)N[C@H]2CCN(CCOCCN)C2)ccc1O. The Morgan fingerprint density at radius 2 is 2.22 bits per heavy atom. The lowest BCUT2D eigenvalue weighted by Gasteiger charge is -2.17. The van der Waals surface area contributed by atoms with Crippen molar-refractivity contribution >= 4 is 10.0 Å². The van der Waals surface area contributed by atoms with Crippen LogP contribution >= 0.6 is 0 Å². The molecule has 0 aliphatic carbocycles. The van der Waals surface area contributed by atoms with Gasteiger partial charge < -0.3 is 15.6 Å². The first kappa shape index (κ1) is 18.2. The van der Waals surface area contributed by atoms with Gasteiger partial charge in [-0.2, -0.15) is 0 Å². The first-order chi connectivity index (χ1) is 10.9. The Hall–Kier alpha value is -1.19. The number of nitrogens with zero attached hydrogens (tertiary/aromatic N) is 1. The Balaban J connectivity index is 1.88. The zero-order valence-corrected chi connectivity index (χ0v) is 14.2. The van der Waals surface area contributed by atoms with Crippen LogP contribution in [0.4, 0.5) is 0 Å². The zero-order chi connectivity index (χ0) is 16.9. The summed E-state index contributed by atoms with van der Waals surface area (Å²) < 4.78 is 32.9. The Labute approximate surface area is 137 Å². The Bertz CT molecular complexity index is 621. The number of aryl methyl sites for hydroxylation is 1. The van der Waals surface area contributed by atoms with Crippen molar-refractivity contribution in [3.8, 4) is 5.75 Å². The van der Waals surface area contributed by atoms with Crippen LogP contribution < -0.4 is 10.5 Å². The minimum Gasteiger partial charge on any atom is -0.508 e. The average Bonchev–Trinajstić information content (AvgIpc) is 2.93. The van der Waals surface area contributed by atoms with E-state index in [2.05, 4.69) is 9.62 Å². The van der Waals surface area contributed by atoms with Gasteiger partial charge in [0.05, 0.1) is 18.1 Å². The second-order valence-corrected chi connectivity index (χ2v) is 7.47. The van der Waals surface area contributed by atoms with Crippen molar-refractivity contribution in [1.29, 1.82) is 0 Å². The molecule has 1 fully saturated rings. The summed E-state index contributed by atoms with van der Waals surface area (Å²) >= 11 is 0. The van der Waals surface area contributed by atoms with Crippen molar-refractivity contribution in [3.63, 3.8) is 0 Å². The Kier molecular flexibility index (Phi) is 6.37. The van der Waals surface area contributed by atoms with Gasteiger partial charge in [0.15, 0.2) is 0 Å². The van der Waals surface area contributed by atoms with E-state index in [0.717, 1.165) is 19.5 Å². The van der Waals surface area contributed by atoms with E-state index >= 15 is 0 Å². The molecule has 0 bridgehead atoms. The second kappa shape index (κ2) is 8.07. The quantitative estimate of drug-likeness (QED) is 0.575. The van der Waals surface area contributed by atoms with Gasteiger partial charge in [-0.3, -0.25) is 4.90 Å². The van der Waals surface area contributed by atoms with E-state index in [1.54, 1.807) is 6.92 Å². The lowest BCUT2D eigenvalue weighted by atomic mass is 10.2. The lowest BCUT2D eigenvalue weighted by Crippen LogP contribution is -2.37. The van der Waals surface area contributed by atoms with Crippen molar-refractivity contribution in [3.05, 3.63) is 23.8 Å². The number of hydrogen-bond donors (Lipinski definition) is 3. The number of sulfonamides is 1. The molecule has 1 atom stereocenters. The molecule has 1 heterocycles. The first-order valence-corrected chi connectivity index (χ1v) is 9.23. The minimum absolute atomic E-state index is 0.0912. The van der Waals surface area contributed by atoms with Gasteiger partial charge in [0.2, 0.25) is 10.0 Å². The van der Waals surface area contributed by atoms with E-state index in [0.29, 0.717) is 31.9 Å². The number of benzene rings is 1. The lowest BCUT2D eigenvalue weighted by molar-refractivity contribution is 0.116. The average molecular weight is 343 g/mol. The van der Waals surface area contributed by atoms with Crippen LogP contribution in [0.25, 0.3) is 0 Å². The Morgan fingerprint density at radius 3 is 2.91 bits per heavy atom. The predicted molar refractivity (Wildman–Crippen MR) is 87.9 cm³/mol. The van der Waals surface area contributed by atoms with Gasteiger partial charge in [-0.25, -0.2) is 13.1 Å². The highest BCUT2D eigenvalue weighted by Gasteiger charge is 2.27. The molecular formula is C15H25N3O4S. The van der Waals surface area contributed by atoms with Gasteiger partial charge in [-0.05, 0) is 43.7 Å². The summed E-state index contributed by atoms with van der Waals surface area (Å²) in [6, 6.07) is 4.19. The van der Waals surface area contributed by atoms with Crippen molar-refractivity contribution in [2.75, 3.05) is 39.4 Å². The number of rotatable bonds is 8. The summed E-state index contributed by atoms with van der Waals surface area (Å²) in [5, 5.41) is 9.51. The van der Waals surface area contributed by atoms with Crippen molar-refractivity contribution in [1.82, 2.24) is 9.62 Å². The highest BCUT2D eigenvalue weighted by atomic mass is 32.2. The van der Waals surface area contributed by atoms with Crippen LogP contribution in [0.2, 0.25) is 0 Å². The maximum atomic E-state index is 12.4. The minimum atomic E-state index is -3.57. The number of phenols is 1. The van der Waals surface area contributed by atoms with Crippen LogP contribution in [0.1, 0.15) is 12.0 Å². The summed E-state index contributed by atoms with van der Waals surface area (Å²) in [5.74, 6) is 0.0912. The Morgan fingerprint density at radius 1 is 1.43 bits per heavy atom. The predicted octanol–water partition coefficient (Wildman–Crippen LogP) is 0.0285. The third kappa shape index (κ3) is 5.15. The van der Waals surface area contributed by atoms with Gasteiger partial charge in [0.25, 0.3) is 0 Å². The standard InChI is InChI=1S/C15H25N3O4S/c1-12-10-14(2-3-15(12)19)23(20,21)17-13-4-6-18(11-13)7-9-22-8-5-16/h2-3,10,13,17,19H,4-9,11,16H2,1H3/t13-/m0/s1. The number of phenolic OH excluding ortho intramolecular Hbond substituents is 1. The van der Waals surface area contributed by atoms with Gasteiger partial charge in [-0.1, -0.05) is 0 Å². The van der Waals surface area contributed by atoms with Crippen molar-refractivity contribution in [2.45, 2.75) is 24.3 Å². The molecule has 7 nitrogen and oxygen atoms in total. The van der Waals surface area contributed by atoms with Crippen LogP contribution in [0.5, 0.6) is 5.75 Å². The summed E-state index contributed by atoms with van der Waals surface area (Å²) in [4.78, 5) is 2.35. The van der Waals surface area contributed by atoms with Crippen LogP contribution in [-0.4, -0.2) is 63.9 Å².